The zero-order chi connectivity index (χ0) is 37.5. The van der Waals surface area contributed by atoms with Gasteiger partial charge in [0, 0.05) is 64.1 Å². The second kappa shape index (κ2) is 12.5. The van der Waals surface area contributed by atoms with E-state index in [-0.39, 0.29) is 0 Å². The summed E-state index contributed by atoms with van der Waals surface area (Å²) in [6.07, 6.45) is 0. The zero-order valence-corrected chi connectivity index (χ0v) is 30.9. The molecule has 0 saturated heterocycles. The largest absolute Gasteiger partial charge is 0.456 e. The highest BCUT2D eigenvalue weighted by Gasteiger charge is 2.20. The molecule has 8 heteroatoms. The second-order valence-corrected chi connectivity index (χ2v) is 15.1. The molecule has 0 aliphatic heterocycles. The van der Waals surface area contributed by atoms with Gasteiger partial charge in [0.05, 0.1) is 0 Å². The molecule has 0 unspecified atom stereocenters. The van der Waals surface area contributed by atoms with Gasteiger partial charge in [-0.25, -0.2) is 24.9 Å². The second-order valence-electron chi connectivity index (χ2n) is 14.0. The van der Waals surface area contributed by atoms with E-state index in [2.05, 4.69) is 60.7 Å². The summed E-state index contributed by atoms with van der Waals surface area (Å²) in [5, 5.41) is 5.31. The lowest BCUT2D eigenvalue weighted by Gasteiger charge is -2.09. The lowest BCUT2D eigenvalue weighted by molar-refractivity contribution is 0.667. The van der Waals surface area contributed by atoms with E-state index in [1.54, 1.807) is 11.3 Å². The van der Waals surface area contributed by atoms with E-state index in [9.17, 15) is 0 Å². The predicted molar refractivity (Wildman–Crippen MR) is 230 cm³/mol. The van der Waals surface area contributed by atoms with E-state index in [0.29, 0.717) is 28.9 Å². The molecule has 5 aromatic heterocycles. The summed E-state index contributed by atoms with van der Waals surface area (Å²) in [4.78, 5) is 25.4. The van der Waals surface area contributed by atoms with E-state index in [4.69, 9.17) is 33.8 Å². The van der Waals surface area contributed by atoms with Crippen molar-refractivity contribution in [2.75, 3.05) is 0 Å². The van der Waals surface area contributed by atoms with Gasteiger partial charge in [-0.15, -0.1) is 11.3 Å². The first-order valence-electron chi connectivity index (χ1n) is 18.7. The molecule has 12 aromatic rings. The fourth-order valence-electron chi connectivity index (χ4n) is 7.83. The minimum Gasteiger partial charge on any atom is -0.456 e. The Bertz CT molecular complexity index is 3540. The van der Waals surface area contributed by atoms with Gasteiger partial charge in [0.2, 0.25) is 0 Å². The Morgan fingerprint density at radius 1 is 0.368 bits per heavy atom. The molecule has 0 amide bonds. The Morgan fingerprint density at radius 3 is 1.88 bits per heavy atom. The van der Waals surface area contributed by atoms with Crippen molar-refractivity contribution in [1.29, 1.82) is 0 Å². The molecule has 0 aliphatic rings. The summed E-state index contributed by atoms with van der Waals surface area (Å²) in [5.41, 5.74) is 9.04. The van der Waals surface area contributed by atoms with Crippen LogP contribution in [0.25, 0.3) is 121 Å². The maximum Gasteiger partial charge on any atom is 0.180 e. The Labute approximate surface area is 328 Å². The third kappa shape index (κ3) is 5.15. The van der Waals surface area contributed by atoms with Crippen LogP contribution in [0.1, 0.15) is 0 Å². The predicted octanol–water partition coefficient (Wildman–Crippen LogP) is 13.2. The normalized spacial score (nSPS) is 11.9. The van der Waals surface area contributed by atoms with E-state index >= 15 is 0 Å². The minimum atomic E-state index is 0.590. The van der Waals surface area contributed by atoms with Gasteiger partial charge in [-0.2, -0.15) is 0 Å². The van der Waals surface area contributed by atoms with Gasteiger partial charge in [0.1, 0.15) is 28.0 Å². The van der Waals surface area contributed by atoms with E-state index in [0.717, 1.165) is 76.6 Å². The van der Waals surface area contributed by atoms with Crippen molar-refractivity contribution in [3.8, 4) is 56.8 Å². The number of rotatable bonds is 5. The summed E-state index contributed by atoms with van der Waals surface area (Å²) < 4.78 is 15.2. The van der Waals surface area contributed by atoms with Crippen LogP contribution in [0.2, 0.25) is 0 Å². The van der Waals surface area contributed by atoms with Gasteiger partial charge in [0.15, 0.2) is 28.9 Å². The summed E-state index contributed by atoms with van der Waals surface area (Å²) in [7, 11) is 0. The van der Waals surface area contributed by atoms with Gasteiger partial charge in [0.25, 0.3) is 0 Å². The lowest BCUT2D eigenvalue weighted by atomic mass is 10.1. The topological polar surface area (TPSA) is 90.7 Å². The molecule has 0 spiro atoms. The smallest absolute Gasteiger partial charge is 0.180 e. The summed E-state index contributed by atoms with van der Waals surface area (Å²) in [6.45, 7) is 0. The molecule has 266 valence electrons. The number of benzene rings is 7. The van der Waals surface area contributed by atoms with E-state index in [1.165, 1.54) is 15.5 Å². The first-order chi connectivity index (χ1) is 28.2. The third-order valence-corrected chi connectivity index (χ3v) is 11.8. The van der Waals surface area contributed by atoms with Gasteiger partial charge >= 0.3 is 0 Å². The molecule has 0 atom stereocenters. The highest BCUT2D eigenvalue weighted by Crippen LogP contribution is 2.41. The maximum absolute atomic E-state index is 6.50. The molecule has 0 N–H and O–H groups in total. The molecule has 0 radical (unpaired) electrons. The van der Waals surface area contributed by atoms with Crippen LogP contribution < -0.4 is 0 Å². The number of aromatic nitrogens is 5. The van der Waals surface area contributed by atoms with Crippen LogP contribution in [0.15, 0.2) is 173 Å². The number of nitrogens with zero attached hydrogens (tertiary/aromatic N) is 5. The van der Waals surface area contributed by atoms with Crippen LogP contribution >= 0.6 is 11.3 Å². The summed E-state index contributed by atoms with van der Waals surface area (Å²) in [6, 6.07) is 55.3. The minimum absolute atomic E-state index is 0.590. The fourth-order valence-corrected chi connectivity index (χ4v) is 9.04. The van der Waals surface area contributed by atoms with Crippen LogP contribution in [-0.2, 0) is 0 Å². The standard InChI is InChI=1S/C49H27N5O2S/c1-3-12-28(13-4-1)42-44-43(35-17-7-9-20-38(35)56-44)51-47(50-42)31-22-24-32-37-26-30(23-25-39(37)55-40(32)27-31)48-52-46(29-14-5-2-6-15-29)53-49(54-48)36-19-11-18-34-33-16-8-10-21-41(33)57-45(34)36/h1-27H. The van der Waals surface area contributed by atoms with Crippen molar-refractivity contribution >= 4 is 75.5 Å². The molecule has 0 bridgehead atoms. The highest BCUT2D eigenvalue weighted by atomic mass is 32.1. The van der Waals surface area contributed by atoms with Crippen LogP contribution in [0, 0.1) is 0 Å². The van der Waals surface area contributed by atoms with Gasteiger partial charge < -0.3 is 8.83 Å². The molecule has 12 rings (SSSR count). The SMILES string of the molecule is c1ccc(-c2nc(-c3ccc4oc5cc(-c6nc(-c7ccccc7)c7oc8ccccc8c7n6)ccc5c4c3)nc(-c3cccc4c3sc3ccccc34)n2)cc1. The quantitative estimate of drug-likeness (QED) is 0.173. The van der Waals surface area contributed by atoms with Gasteiger partial charge in [-0.1, -0.05) is 109 Å². The number of hydrogen-bond acceptors (Lipinski definition) is 8. The van der Waals surface area contributed by atoms with Crippen LogP contribution in [0.5, 0.6) is 0 Å². The first-order valence-corrected chi connectivity index (χ1v) is 19.5. The van der Waals surface area contributed by atoms with Crippen molar-refractivity contribution in [2.24, 2.45) is 0 Å². The fraction of sp³-hybridized carbons (Fsp3) is 0. The Hall–Kier alpha value is -7.55. The monoisotopic (exact) mass is 749 g/mol. The number of furan rings is 2. The zero-order valence-electron chi connectivity index (χ0n) is 30.0. The Balaban J connectivity index is 1.00. The first kappa shape index (κ1) is 31.8. The van der Waals surface area contributed by atoms with Crippen molar-refractivity contribution in [3.63, 3.8) is 0 Å². The highest BCUT2D eigenvalue weighted by molar-refractivity contribution is 7.26. The molecular weight excluding hydrogens is 723 g/mol. The van der Waals surface area contributed by atoms with Crippen LogP contribution in [0.4, 0.5) is 0 Å². The molecule has 57 heavy (non-hydrogen) atoms. The average molecular weight is 750 g/mol. The molecule has 0 saturated carbocycles. The molecule has 5 heterocycles. The Morgan fingerprint density at radius 2 is 1.02 bits per heavy atom. The van der Waals surface area contributed by atoms with E-state index < -0.39 is 0 Å². The van der Waals surface area contributed by atoms with Gasteiger partial charge in [-0.3, -0.25) is 0 Å². The average Bonchev–Trinajstić information content (AvgIpc) is 3.97. The third-order valence-electron chi connectivity index (χ3n) is 10.6. The van der Waals surface area contributed by atoms with Gasteiger partial charge in [-0.05, 0) is 54.6 Å². The van der Waals surface area contributed by atoms with Crippen molar-refractivity contribution < 1.29 is 8.83 Å². The van der Waals surface area contributed by atoms with Crippen molar-refractivity contribution in [2.45, 2.75) is 0 Å². The number of thiophene rings is 1. The van der Waals surface area contributed by atoms with Crippen molar-refractivity contribution in [1.82, 2.24) is 24.9 Å². The molecule has 7 aromatic carbocycles. The number of hydrogen-bond donors (Lipinski definition) is 0. The van der Waals surface area contributed by atoms with Crippen LogP contribution in [0.3, 0.4) is 0 Å². The number of fused-ring (bicyclic) bond motifs is 9. The molecule has 0 fully saturated rings. The molecular formula is C49H27N5O2S. The van der Waals surface area contributed by atoms with Crippen LogP contribution in [-0.4, -0.2) is 24.9 Å². The summed E-state index contributed by atoms with van der Waals surface area (Å²) in [5.74, 6) is 2.44. The van der Waals surface area contributed by atoms with Crippen molar-refractivity contribution in [3.05, 3.63) is 164 Å². The maximum atomic E-state index is 6.50. The van der Waals surface area contributed by atoms with E-state index in [1.807, 2.05) is 103 Å². The number of para-hydroxylation sites is 1. The molecule has 0 aliphatic carbocycles. The Kier molecular flexibility index (Phi) is 6.96. The summed E-state index contributed by atoms with van der Waals surface area (Å²) >= 11 is 1.76. The lowest BCUT2D eigenvalue weighted by Crippen LogP contribution is -2.00. The molecule has 7 nitrogen and oxygen atoms in total.